The Morgan fingerprint density at radius 3 is 2.83 bits per heavy atom. The number of halogens is 2. The lowest BCUT2D eigenvalue weighted by molar-refractivity contribution is 0.215. The van der Waals surface area contributed by atoms with Gasteiger partial charge < -0.3 is 10.2 Å². The zero-order valence-electron chi connectivity index (χ0n) is 12.3. The maximum atomic E-state index is 12.4. The fraction of sp³-hybridized carbons (Fsp3) is 0.312. The van der Waals surface area contributed by atoms with E-state index in [1.54, 1.807) is 29.5 Å². The molecular weight excluding hydrogens is 371 g/mol. The number of benzene rings is 1. The van der Waals surface area contributed by atoms with E-state index in [2.05, 4.69) is 22.8 Å². The number of anilines is 1. The number of hydrogen-bond donors (Lipinski definition) is 1. The minimum Gasteiger partial charge on any atom is -0.324 e. The van der Waals surface area contributed by atoms with Crippen LogP contribution in [-0.4, -0.2) is 29.8 Å². The molecule has 7 heteroatoms. The van der Waals surface area contributed by atoms with Gasteiger partial charge in [0, 0.05) is 34.7 Å². The summed E-state index contributed by atoms with van der Waals surface area (Å²) < 4.78 is 0. The second kappa shape index (κ2) is 7.79. The van der Waals surface area contributed by atoms with Crippen LogP contribution in [0.5, 0.6) is 0 Å². The molecule has 0 bridgehead atoms. The van der Waals surface area contributed by atoms with E-state index in [4.69, 9.17) is 23.2 Å². The van der Waals surface area contributed by atoms with Gasteiger partial charge in [-0.2, -0.15) is 11.8 Å². The Morgan fingerprint density at radius 1 is 1.22 bits per heavy atom. The standard InChI is InChI=1S/C16H16Cl2N2OS2/c17-12-4-3-11(10-13(12)18)19-16(21)20-6-5-15(23-9-7-20)14-2-1-8-22-14/h1-4,8,10,15H,5-7,9H2,(H,19,21). The number of urea groups is 1. The summed E-state index contributed by atoms with van der Waals surface area (Å²) in [6.45, 7) is 1.50. The van der Waals surface area contributed by atoms with Crippen molar-refractivity contribution in [1.82, 2.24) is 4.90 Å². The van der Waals surface area contributed by atoms with E-state index in [0.29, 0.717) is 21.0 Å². The van der Waals surface area contributed by atoms with Gasteiger partial charge in [-0.05, 0) is 36.1 Å². The van der Waals surface area contributed by atoms with Gasteiger partial charge in [-0.1, -0.05) is 29.3 Å². The number of carbonyl (C=O) groups is 1. The van der Waals surface area contributed by atoms with Crippen molar-refractivity contribution in [1.29, 1.82) is 0 Å². The van der Waals surface area contributed by atoms with E-state index >= 15 is 0 Å². The summed E-state index contributed by atoms with van der Waals surface area (Å²) in [4.78, 5) is 15.7. The van der Waals surface area contributed by atoms with Gasteiger partial charge in [0.05, 0.1) is 10.0 Å². The predicted molar refractivity (Wildman–Crippen MR) is 101 cm³/mol. The van der Waals surface area contributed by atoms with Crippen molar-refractivity contribution in [2.24, 2.45) is 0 Å². The fourth-order valence-electron chi connectivity index (χ4n) is 2.45. The monoisotopic (exact) mass is 386 g/mol. The lowest BCUT2D eigenvalue weighted by Gasteiger charge is -2.21. The number of thioether (sulfide) groups is 1. The van der Waals surface area contributed by atoms with Gasteiger partial charge in [-0.3, -0.25) is 0 Å². The highest BCUT2D eigenvalue weighted by molar-refractivity contribution is 7.99. The zero-order chi connectivity index (χ0) is 16.2. The predicted octanol–water partition coefficient (Wildman–Crippen LogP) is 5.77. The van der Waals surface area contributed by atoms with Crippen molar-refractivity contribution in [3.63, 3.8) is 0 Å². The van der Waals surface area contributed by atoms with Crippen LogP contribution in [0.15, 0.2) is 35.7 Å². The van der Waals surface area contributed by atoms with Crippen molar-refractivity contribution >= 4 is 58.0 Å². The number of amides is 2. The molecule has 3 rings (SSSR count). The van der Waals surface area contributed by atoms with Crippen molar-refractivity contribution in [2.75, 3.05) is 24.2 Å². The van der Waals surface area contributed by atoms with Crippen LogP contribution in [0, 0.1) is 0 Å². The number of carbonyl (C=O) groups excluding carboxylic acids is 1. The second-order valence-corrected chi connectivity index (χ2v) is 8.31. The molecule has 0 aliphatic carbocycles. The molecule has 0 radical (unpaired) electrons. The van der Waals surface area contributed by atoms with E-state index < -0.39 is 0 Å². The largest absolute Gasteiger partial charge is 0.324 e. The lowest BCUT2D eigenvalue weighted by atomic mass is 10.2. The summed E-state index contributed by atoms with van der Waals surface area (Å²) in [5.74, 6) is 0.942. The molecule has 1 aromatic heterocycles. The Morgan fingerprint density at radius 2 is 2.09 bits per heavy atom. The van der Waals surface area contributed by atoms with Gasteiger partial charge in [-0.15, -0.1) is 11.3 Å². The highest BCUT2D eigenvalue weighted by Gasteiger charge is 2.22. The molecule has 1 aliphatic heterocycles. The van der Waals surface area contributed by atoms with E-state index in [1.165, 1.54) is 4.88 Å². The summed E-state index contributed by atoms with van der Waals surface area (Å²) in [5.41, 5.74) is 0.663. The van der Waals surface area contributed by atoms with Crippen molar-refractivity contribution in [2.45, 2.75) is 11.7 Å². The number of nitrogens with zero attached hydrogens (tertiary/aromatic N) is 1. The highest BCUT2D eigenvalue weighted by Crippen LogP contribution is 2.36. The molecule has 0 saturated carbocycles. The van der Waals surface area contributed by atoms with Crippen LogP contribution in [0.3, 0.4) is 0 Å². The smallest absolute Gasteiger partial charge is 0.321 e. The molecule has 122 valence electrons. The van der Waals surface area contributed by atoms with Gasteiger partial charge in [0.15, 0.2) is 0 Å². The summed E-state index contributed by atoms with van der Waals surface area (Å²) in [6, 6.07) is 9.28. The first kappa shape index (κ1) is 17.0. The first-order chi connectivity index (χ1) is 11.1. The van der Waals surface area contributed by atoms with Crippen LogP contribution in [0.25, 0.3) is 0 Å². The summed E-state index contributed by atoms with van der Waals surface area (Å²) in [7, 11) is 0. The quantitative estimate of drug-likeness (QED) is 0.710. The molecule has 1 atom stereocenters. The van der Waals surface area contributed by atoms with E-state index in [0.717, 1.165) is 25.3 Å². The molecule has 2 heterocycles. The first-order valence-corrected chi connectivity index (χ1v) is 9.98. The number of nitrogens with one attached hydrogen (secondary N) is 1. The van der Waals surface area contributed by atoms with Crippen molar-refractivity contribution in [3.05, 3.63) is 50.6 Å². The first-order valence-electron chi connectivity index (χ1n) is 7.29. The Hall–Kier alpha value is -0.880. The molecule has 2 aromatic rings. The normalized spacial score (nSPS) is 18.5. The van der Waals surface area contributed by atoms with Gasteiger partial charge in [0.1, 0.15) is 0 Å². The van der Waals surface area contributed by atoms with Gasteiger partial charge in [-0.25, -0.2) is 4.79 Å². The molecule has 1 N–H and O–H groups in total. The van der Waals surface area contributed by atoms with Gasteiger partial charge in [0.25, 0.3) is 0 Å². The molecule has 2 amide bonds. The molecule has 1 aromatic carbocycles. The molecule has 1 fully saturated rings. The minimum absolute atomic E-state index is 0.0872. The third-order valence-corrected chi connectivity index (χ3v) is 6.84. The molecule has 23 heavy (non-hydrogen) atoms. The summed E-state index contributed by atoms with van der Waals surface area (Å²) in [6.07, 6.45) is 0.972. The van der Waals surface area contributed by atoms with Crippen molar-refractivity contribution < 1.29 is 4.79 Å². The highest BCUT2D eigenvalue weighted by atomic mass is 35.5. The van der Waals surface area contributed by atoms with Crippen LogP contribution >= 0.6 is 46.3 Å². The molecule has 1 saturated heterocycles. The summed E-state index contributed by atoms with van der Waals surface area (Å²) >= 11 is 15.6. The molecular formula is C16H16Cl2N2OS2. The third kappa shape index (κ3) is 4.35. The molecule has 0 spiro atoms. The van der Waals surface area contributed by atoms with Crippen LogP contribution < -0.4 is 5.32 Å². The third-order valence-electron chi connectivity index (χ3n) is 3.66. The molecule has 3 nitrogen and oxygen atoms in total. The van der Waals surface area contributed by atoms with E-state index in [1.807, 2.05) is 16.7 Å². The Bertz CT molecular complexity index is 679. The molecule has 1 unspecified atom stereocenters. The summed E-state index contributed by atoms with van der Waals surface area (Å²) in [5, 5.41) is 6.40. The van der Waals surface area contributed by atoms with Gasteiger partial charge >= 0.3 is 6.03 Å². The average Bonchev–Trinajstić information content (AvgIpc) is 2.95. The van der Waals surface area contributed by atoms with Gasteiger partial charge in [0.2, 0.25) is 0 Å². The Balaban J connectivity index is 1.60. The maximum Gasteiger partial charge on any atom is 0.321 e. The second-order valence-electron chi connectivity index (χ2n) is 5.21. The van der Waals surface area contributed by atoms with Crippen molar-refractivity contribution in [3.8, 4) is 0 Å². The molecule has 1 aliphatic rings. The Kier molecular flexibility index (Phi) is 5.75. The van der Waals surface area contributed by atoms with Crippen LogP contribution in [0.2, 0.25) is 10.0 Å². The topological polar surface area (TPSA) is 32.3 Å². The number of hydrogen-bond acceptors (Lipinski definition) is 3. The average molecular weight is 387 g/mol. The maximum absolute atomic E-state index is 12.4. The Labute approximate surface area is 154 Å². The number of thiophene rings is 1. The lowest BCUT2D eigenvalue weighted by Crippen LogP contribution is -2.36. The SMILES string of the molecule is O=C(Nc1ccc(Cl)c(Cl)c1)N1CCSC(c2cccs2)CC1. The van der Waals surface area contributed by atoms with E-state index in [-0.39, 0.29) is 6.03 Å². The minimum atomic E-state index is -0.0872. The fourth-order valence-corrected chi connectivity index (χ4v) is 4.99. The van der Waals surface area contributed by atoms with Crippen LogP contribution in [0.4, 0.5) is 10.5 Å². The van der Waals surface area contributed by atoms with Crippen LogP contribution in [-0.2, 0) is 0 Å². The van der Waals surface area contributed by atoms with E-state index in [9.17, 15) is 4.79 Å². The number of rotatable bonds is 2. The van der Waals surface area contributed by atoms with Crippen LogP contribution in [0.1, 0.15) is 16.5 Å². The zero-order valence-corrected chi connectivity index (χ0v) is 15.4.